The maximum Gasteiger partial charge on any atom is 0.346 e. The van der Waals surface area contributed by atoms with Crippen LogP contribution in [-0.2, 0) is 12.8 Å². The van der Waals surface area contributed by atoms with Crippen LogP contribution in [-0.4, -0.2) is 23.9 Å². The first-order valence-corrected chi connectivity index (χ1v) is 30.3. The van der Waals surface area contributed by atoms with Gasteiger partial charge in [0.25, 0.3) is 0 Å². The highest BCUT2D eigenvalue weighted by molar-refractivity contribution is 5.95. The second kappa shape index (κ2) is 35.8. The number of carbonyl (C=O) groups is 4. The fourth-order valence-corrected chi connectivity index (χ4v) is 10.1. The summed E-state index contributed by atoms with van der Waals surface area (Å²) in [6.45, 7) is 4.52. The summed E-state index contributed by atoms with van der Waals surface area (Å²) in [5.74, 6) is -5.09. The van der Waals surface area contributed by atoms with Gasteiger partial charge in [-0.05, 0) is 120 Å². The van der Waals surface area contributed by atoms with E-state index < -0.39 is 35.5 Å². The molecule has 428 valence electrons. The Morgan fingerprint density at radius 1 is 0.300 bits per heavy atom. The molecule has 10 heteroatoms. The molecule has 0 aliphatic rings. The Labute approximate surface area is 475 Å². The van der Waals surface area contributed by atoms with E-state index in [4.69, 9.17) is 18.9 Å². The number of benzene rings is 6. The summed E-state index contributed by atoms with van der Waals surface area (Å²) in [6, 6.07) is 30.9. The van der Waals surface area contributed by atoms with E-state index in [-0.39, 0.29) is 34.1 Å². The molecule has 80 heavy (non-hydrogen) atoms. The highest BCUT2D eigenvalue weighted by Crippen LogP contribution is 2.29. The first-order chi connectivity index (χ1) is 39.1. The average Bonchev–Trinajstić information content (AvgIpc) is 3.46. The normalized spacial score (nSPS) is 11.2. The minimum absolute atomic E-state index is 0.0657. The zero-order chi connectivity index (χ0) is 56.6. The second-order valence-electron chi connectivity index (χ2n) is 21.6. The van der Waals surface area contributed by atoms with Crippen LogP contribution < -0.4 is 18.9 Å². The summed E-state index contributed by atoms with van der Waals surface area (Å²) in [5.41, 5.74) is 2.20. The Morgan fingerprint density at radius 3 is 0.887 bits per heavy atom. The van der Waals surface area contributed by atoms with E-state index in [1.807, 2.05) is 24.3 Å². The molecule has 0 aromatic heterocycles. The van der Waals surface area contributed by atoms with Crippen LogP contribution in [0.4, 0.5) is 8.78 Å². The van der Waals surface area contributed by atoms with Crippen molar-refractivity contribution in [2.24, 2.45) is 0 Å². The smallest absolute Gasteiger partial charge is 0.346 e. The van der Waals surface area contributed by atoms with Crippen molar-refractivity contribution in [3.8, 4) is 23.0 Å². The lowest BCUT2D eigenvalue weighted by Crippen LogP contribution is -2.12. The Morgan fingerprint density at radius 2 is 0.575 bits per heavy atom. The van der Waals surface area contributed by atoms with E-state index in [9.17, 15) is 19.2 Å². The number of hydrogen-bond acceptors (Lipinski definition) is 8. The monoisotopic (exact) mass is 1090 g/mol. The molecule has 0 radical (unpaired) electrons. The molecule has 0 atom stereocenters. The van der Waals surface area contributed by atoms with Crippen LogP contribution in [0, 0.1) is 11.6 Å². The fourth-order valence-electron chi connectivity index (χ4n) is 10.1. The van der Waals surface area contributed by atoms with Crippen molar-refractivity contribution in [2.45, 2.75) is 206 Å². The average molecular weight is 1090 g/mol. The van der Waals surface area contributed by atoms with Crippen LogP contribution in [0.5, 0.6) is 23.0 Å². The van der Waals surface area contributed by atoms with Crippen molar-refractivity contribution >= 4 is 34.6 Å². The van der Waals surface area contributed by atoms with Gasteiger partial charge in [0.2, 0.25) is 0 Å². The highest BCUT2D eigenvalue weighted by Gasteiger charge is 2.20. The number of carbonyl (C=O) groups excluding carboxylic acids is 4. The molecule has 6 rings (SSSR count). The number of fused-ring (bicyclic) bond motifs is 1. The zero-order valence-corrected chi connectivity index (χ0v) is 47.8. The number of halogens is 2. The number of aryl methyl sites for hydroxylation is 2. The third kappa shape index (κ3) is 22.5. The molecule has 0 heterocycles. The van der Waals surface area contributed by atoms with Gasteiger partial charge in [-0.3, -0.25) is 0 Å². The van der Waals surface area contributed by atoms with Gasteiger partial charge in [0.05, 0.1) is 22.3 Å². The van der Waals surface area contributed by atoms with E-state index in [0.29, 0.717) is 21.9 Å². The minimum atomic E-state index is -0.982. The van der Waals surface area contributed by atoms with E-state index >= 15 is 8.78 Å². The molecule has 0 N–H and O–H groups in total. The summed E-state index contributed by atoms with van der Waals surface area (Å²) in [6.07, 6.45) is 38.6. The molecule has 0 fully saturated rings. The Kier molecular flexibility index (Phi) is 28.0. The van der Waals surface area contributed by atoms with Gasteiger partial charge in [0, 0.05) is 12.1 Å². The molecule has 6 aromatic rings. The van der Waals surface area contributed by atoms with Gasteiger partial charge in [0.15, 0.2) is 0 Å². The van der Waals surface area contributed by atoms with Crippen molar-refractivity contribution < 1.29 is 46.9 Å². The number of ether oxygens (including phenoxy) is 4. The summed E-state index contributed by atoms with van der Waals surface area (Å²) in [4.78, 5) is 52.2. The van der Waals surface area contributed by atoms with E-state index in [0.717, 1.165) is 48.9 Å². The summed E-state index contributed by atoms with van der Waals surface area (Å²) in [5, 5.41) is 1.22. The van der Waals surface area contributed by atoms with Crippen LogP contribution in [0.1, 0.15) is 246 Å². The van der Waals surface area contributed by atoms with Gasteiger partial charge in [-0.1, -0.05) is 217 Å². The molecule has 0 saturated heterocycles. The molecule has 0 aliphatic carbocycles. The van der Waals surface area contributed by atoms with Crippen molar-refractivity contribution in [3.63, 3.8) is 0 Å². The zero-order valence-electron chi connectivity index (χ0n) is 47.8. The van der Waals surface area contributed by atoms with Gasteiger partial charge in [-0.2, -0.15) is 0 Å². The standard InChI is InChI=1S/C70H86F2O8/c1-3-5-7-9-11-13-15-17-19-21-23-25-27-29-31-53-33-37-56(38-34-53)67(73)77-61-45-47-63(65(71)51-61)69(75)79-59-43-41-55-42-44-60(50-58(55)49-59)80-70(76)64-48-46-62(52-66(64)72)78-68(74)57-39-35-54(36-40-57)32-30-28-26-24-22-20-18-16-14-12-10-8-6-4-2/h33-52H,3-32H2,1-2H3. The van der Waals surface area contributed by atoms with Gasteiger partial charge < -0.3 is 18.9 Å². The first-order valence-electron chi connectivity index (χ1n) is 30.3. The van der Waals surface area contributed by atoms with Crippen molar-refractivity contribution in [3.05, 3.63) is 166 Å². The molecular formula is C70H86F2O8. The fraction of sp³-hybridized carbons (Fsp3) is 0.457. The maximum absolute atomic E-state index is 15.3. The molecule has 0 saturated carbocycles. The third-order valence-corrected chi connectivity index (χ3v) is 15.0. The molecule has 8 nitrogen and oxygen atoms in total. The van der Waals surface area contributed by atoms with Gasteiger partial charge in [-0.25, -0.2) is 28.0 Å². The molecule has 0 aliphatic heterocycles. The van der Waals surface area contributed by atoms with Crippen molar-refractivity contribution in [1.29, 1.82) is 0 Å². The van der Waals surface area contributed by atoms with Crippen LogP contribution in [0.25, 0.3) is 10.8 Å². The Hall–Kier alpha value is -6.68. The van der Waals surface area contributed by atoms with Crippen LogP contribution >= 0.6 is 0 Å². The maximum atomic E-state index is 15.3. The van der Waals surface area contributed by atoms with Crippen LogP contribution in [0.3, 0.4) is 0 Å². The van der Waals surface area contributed by atoms with Crippen LogP contribution in [0.15, 0.2) is 121 Å². The van der Waals surface area contributed by atoms with Gasteiger partial charge >= 0.3 is 23.9 Å². The van der Waals surface area contributed by atoms with Gasteiger partial charge in [0.1, 0.15) is 34.6 Å². The number of hydrogen-bond donors (Lipinski definition) is 0. The summed E-state index contributed by atoms with van der Waals surface area (Å²) in [7, 11) is 0. The minimum Gasteiger partial charge on any atom is -0.423 e. The largest absolute Gasteiger partial charge is 0.423 e. The van der Waals surface area contributed by atoms with Crippen molar-refractivity contribution in [2.75, 3.05) is 0 Å². The van der Waals surface area contributed by atoms with E-state index in [1.54, 1.807) is 36.4 Å². The number of rotatable bonds is 38. The topological polar surface area (TPSA) is 105 Å². The van der Waals surface area contributed by atoms with Crippen LogP contribution in [0.2, 0.25) is 0 Å². The molecular weight excluding hydrogens is 1010 g/mol. The predicted octanol–water partition coefficient (Wildman–Crippen LogP) is 20.0. The molecule has 0 amide bonds. The lowest BCUT2D eigenvalue weighted by atomic mass is 10.0. The summed E-state index contributed by atoms with van der Waals surface area (Å²) >= 11 is 0. The summed E-state index contributed by atoms with van der Waals surface area (Å²) < 4.78 is 52.5. The second-order valence-corrected chi connectivity index (χ2v) is 21.6. The quantitative estimate of drug-likeness (QED) is 0.0214. The number of esters is 4. The molecule has 0 unspecified atom stereocenters. The lowest BCUT2D eigenvalue weighted by molar-refractivity contribution is 0.0715. The lowest BCUT2D eigenvalue weighted by Gasteiger charge is -2.10. The Bertz CT molecular complexity index is 2630. The molecule has 6 aromatic carbocycles. The predicted molar refractivity (Wildman–Crippen MR) is 317 cm³/mol. The third-order valence-electron chi connectivity index (χ3n) is 15.0. The number of unbranched alkanes of at least 4 members (excludes halogenated alkanes) is 26. The van der Waals surface area contributed by atoms with E-state index in [2.05, 4.69) is 13.8 Å². The Balaban J connectivity index is 0.881. The first kappa shape index (κ1) is 62.5. The molecule has 0 spiro atoms. The van der Waals surface area contributed by atoms with Crippen molar-refractivity contribution in [1.82, 2.24) is 0 Å². The highest BCUT2D eigenvalue weighted by atomic mass is 19.1. The van der Waals surface area contributed by atoms with Gasteiger partial charge in [-0.15, -0.1) is 0 Å². The molecule has 0 bridgehead atoms. The van der Waals surface area contributed by atoms with E-state index in [1.165, 1.54) is 215 Å². The SMILES string of the molecule is CCCCCCCCCCCCCCCCc1ccc(C(=O)Oc2ccc(C(=O)Oc3ccc4ccc(OC(=O)c5ccc(OC(=O)c6ccc(CCCCCCCCCCCCCCCC)cc6)cc5F)cc4c3)c(F)c2)cc1.